The van der Waals surface area contributed by atoms with Crippen molar-refractivity contribution in [2.45, 2.75) is 13.0 Å². The maximum absolute atomic E-state index is 9.38. The summed E-state index contributed by atoms with van der Waals surface area (Å²) in [5.41, 5.74) is 0.739. The Hall–Kier alpha value is -1.10. The molecule has 0 saturated heterocycles. The van der Waals surface area contributed by atoms with Crippen LogP contribution in [0, 0.1) is 0 Å². The van der Waals surface area contributed by atoms with E-state index < -0.39 is 6.10 Å². The van der Waals surface area contributed by atoms with Crippen molar-refractivity contribution in [3.8, 4) is 11.6 Å². The van der Waals surface area contributed by atoms with Crippen molar-refractivity contribution in [2.24, 2.45) is 0 Å². The first-order valence-corrected chi connectivity index (χ1v) is 6.50. The molecule has 1 aromatic heterocycles. The van der Waals surface area contributed by atoms with Crippen molar-refractivity contribution in [2.75, 3.05) is 0 Å². The van der Waals surface area contributed by atoms with Gasteiger partial charge in [-0.2, -0.15) is 0 Å². The second-order valence-corrected chi connectivity index (χ2v) is 5.11. The lowest BCUT2D eigenvalue weighted by Crippen LogP contribution is -1.94. The van der Waals surface area contributed by atoms with Crippen molar-refractivity contribution >= 4 is 27.5 Å². The Bertz CT molecular complexity index is 543. The van der Waals surface area contributed by atoms with Gasteiger partial charge in [0.2, 0.25) is 5.88 Å². The first kappa shape index (κ1) is 13.3. The Morgan fingerprint density at radius 2 is 2.11 bits per heavy atom. The summed E-state index contributed by atoms with van der Waals surface area (Å²) in [6, 6.07) is 8.80. The average Bonchev–Trinajstić information content (AvgIpc) is 2.34. The fraction of sp³-hybridized carbons (Fsp3) is 0.154. The van der Waals surface area contributed by atoms with Crippen LogP contribution in [-0.2, 0) is 0 Å². The molecule has 5 heteroatoms. The van der Waals surface area contributed by atoms with E-state index in [2.05, 4.69) is 20.9 Å². The van der Waals surface area contributed by atoms with Crippen molar-refractivity contribution in [1.82, 2.24) is 4.98 Å². The van der Waals surface area contributed by atoms with E-state index in [1.54, 1.807) is 37.4 Å². The number of benzene rings is 1. The SMILES string of the molecule is C[C@@H](O)c1ccc(Oc2cc(Br)ccc2Cl)nc1. The minimum Gasteiger partial charge on any atom is -0.437 e. The molecule has 0 bridgehead atoms. The largest absolute Gasteiger partial charge is 0.437 e. The summed E-state index contributed by atoms with van der Waals surface area (Å²) < 4.78 is 6.45. The molecule has 1 N–H and O–H groups in total. The van der Waals surface area contributed by atoms with Crippen LogP contribution in [0.1, 0.15) is 18.6 Å². The first-order valence-electron chi connectivity index (χ1n) is 5.33. The van der Waals surface area contributed by atoms with Gasteiger partial charge in [0.1, 0.15) is 5.75 Å². The Morgan fingerprint density at radius 3 is 2.72 bits per heavy atom. The quantitative estimate of drug-likeness (QED) is 0.911. The molecule has 1 heterocycles. The van der Waals surface area contributed by atoms with Gasteiger partial charge in [-0.25, -0.2) is 4.98 Å². The number of aromatic nitrogens is 1. The van der Waals surface area contributed by atoms with Gasteiger partial charge in [-0.1, -0.05) is 27.5 Å². The van der Waals surface area contributed by atoms with Crippen LogP contribution in [0.25, 0.3) is 0 Å². The molecule has 94 valence electrons. The summed E-state index contributed by atoms with van der Waals surface area (Å²) in [4.78, 5) is 4.11. The van der Waals surface area contributed by atoms with Gasteiger partial charge in [0.15, 0.2) is 0 Å². The zero-order valence-electron chi connectivity index (χ0n) is 9.60. The van der Waals surface area contributed by atoms with E-state index in [1.807, 2.05) is 6.07 Å². The van der Waals surface area contributed by atoms with Gasteiger partial charge in [0.05, 0.1) is 11.1 Å². The maximum Gasteiger partial charge on any atom is 0.219 e. The number of rotatable bonds is 3. The van der Waals surface area contributed by atoms with Crippen LogP contribution in [0.15, 0.2) is 41.0 Å². The lowest BCUT2D eigenvalue weighted by atomic mass is 10.2. The second kappa shape index (κ2) is 5.69. The summed E-state index contributed by atoms with van der Waals surface area (Å²) in [5, 5.41) is 9.89. The summed E-state index contributed by atoms with van der Waals surface area (Å²) >= 11 is 9.36. The van der Waals surface area contributed by atoms with Crippen LogP contribution >= 0.6 is 27.5 Å². The molecule has 0 aliphatic rings. The third kappa shape index (κ3) is 3.22. The molecule has 0 amide bonds. The maximum atomic E-state index is 9.38. The minimum atomic E-state index is -0.541. The molecule has 0 aliphatic heterocycles. The Balaban J connectivity index is 2.21. The van der Waals surface area contributed by atoms with Gasteiger partial charge >= 0.3 is 0 Å². The van der Waals surface area contributed by atoms with Gasteiger partial charge in [-0.15, -0.1) is 0 Å². The van der Waals surface area contributed by atoms with E-state index in [-0.39, 0.29) is 0 Å². The molecule has 3 nitrogen and oxygen atoms in total. The van der Waals surface area contributed by atoms with Gasteiger partial charge in [0.25, 0.3) is 0 Å². The number of hydrogen-bond donors (Lipinski definition) is 1. The molecular formula is C13H11BrClNO2. The van der Waals surface area contributed by atoms with Crippen LogP contribution < -0.4 is 4.74 Å². The summed E-state index contributed by atoms with van der Waals surface area (Å²) in [5.74, 6) is 0.961. The molecule has 2 rings (SSSR count). The molecule has 18 heavy (non-hydrogen) atoms. The van der Waals surface area contributed by atoms with Crippen molar-refractivity contribution < 1.29 is 9.84 Å². The number of ether oxygens (including phenoxy) is 1. The number of hydrogen-bond acceptors (Lipinski definition) is 3. The number of aliphatic hydroxyl groups is 1. The van der Waals surface area contributed by atoms with E-state index in [1.165, 1.54) is 0 Å². The Kier molecular flexibility index (Phi) is 4.22. The molecule has 2 aromatic rings. The average molecular weight is 329 g/mol. The fourth-order valence-corrected chi connectivity index (χ4v) is 1.86. The number of aliphatic hydroxyl groups excluding tert-OH is 1. The molecule has 1 aromatic carbocycles. The van der Waals surface area contributed by atoms with Crippen LogP contribution in [0.4, 0.5) is 0 Å². The molecular weight excluding hydrogens is 318 g/mol. The molecule has 1 atom stereocenters. The smallest absolute Gasteiger partial charge is 0.219 e. The third-order valence-electron chi connectivity index (χ3n) is 2.35. The molecule has 0 unspecified atom stereocenters. The standard InChI is InChI=1S/C13H11BrClNO2/c1-8(17)9-2-5-13(16-7-9)18-12-6-10(14)3-4-11(12)15/h2-8,17H,1H3/t8-/m1/s1. The van der Waals surface area contributed by atoms with E-state index in [9.17, 15) is 5.11 Å². The predicted molar refractivity (Wildman–Crippen MR) is 74.1 cm³/mol. The minimum absolute atomic E-state index is 0.430. The first-order chi connectivity index (χ1) is 8.56. The molecule has 0 aliphatic carbocycles. The topological polar surface area (TPSA) is 42.4 Å². The van der Waals surface area contributed by atoms with E-state index in [0.717, 1.165) is 10.0 Å². The molecule has 0 spiro atoms. The predicted octanol–water partition coefficient (Wildman–Crippen LogP) is 4.34. The van der Waals surface area contributed by atoms with Crippen LogP contribution in [0.2, 0.25) is 5.02 Å². The highest BCUT2D eigenvalue weighted by Crippen LogP contribution is 2.31. The van der Waals surface area contributed by atoms with Crippen LogP contribution in [0.5, 0.6) is 11.6 Å². The number of pyridine rings is 1. The second-order valence-electron chi connectivity index (χ2n) is 3.78. The molecule has 0 fully saturated rings. The zero-order valence-corrected chi connectivity index (χ0v) is 11.9. The van der Waals surface area contributed by atoms with E-state index in [4.69, 9.17) is 16.3 Å². The Labute approximate surface area is 119 Å². The van der Waals surface area contributed by atoms with Gasteiger partial charge in [0, 0.05) is 16.7 Å². The number of nitrogens with zero attached hydrogens (tertiary/aromatic N) is 1. The summed E-state index contributed by atoms with van der Waals surface area (Å²) in [6.07, 6.45) is 1.03. The lowest BCUT2D eigenvalue weighted by molar-refractivity contribution is 0.198. The molecule has 0 saturated carbocycles. The highest BCUT2D eigenvalue weighted by molar-refractivity contribution is 9.10. The number of halogens is 2. The van der Waals surface area contributed by atoms with E-state index in [0.29, 0.717) is 16.7 Å². The molecule has 0 radical (unpaired) electrons. The van der Waals surface area contributed by atoms with E-state index >= 15 is 0 Å². The van der Waals surface area contributed by atoms with Crippen molar-refractivity contribution in [3.63, 3.8) is 0 Å². The monoisotopic (exact) mass is 327 g/mol. The van der Waals surface area contributed by atoms with Crippen molar-refractivity contribution in [1.29, 1.82) is 0 Å². The highest BCUT2D eigenvalue weighted by atomic mass is 79.9. The lowest BCUT2D eigenvalue weighted by Gasteiger charge is -2.08. The van der Waals surface area contributed by atoms with Gasteiger partial charge < -0.3 is 9.84 Å². The summed E-state index contributed by atoms with van der Waals surface area (Å²) in [7, 11) is 0. The summed E-state index contributed by atoms with van der Waals surface area (Å²) in [6.45, 7) is 1.68. The third-order valence-corrected chi connectivity index (χ3v) is 3.15. The van der Waals surface area contributed by atoms with Gasteiger partial charge in [-0.3, -0.25) is 0 Å². The zero-order chi connectivity index (χ0) is 13.1. The van der Waals surface area contributed by atoms with Crippen LogP contribution in [0.3, 0.4) is 0 Å². The highest BCUT2D eigenvalue weighted by Gasteiger charge is 2.06. The fourth-order valence-electron chi connectivity index (χ4n) is 1.37. The normalized spacial score (nSPS) is 12.2. The Morgan fingerprint density at radius 1 is 1.33 bits per heavy atom. The van der Waals surface area contributed by atoms with Crippen LogP contribution in [-0.4, -0.2) is 10.1 Å². The van der Waals surface area contributed by atoms with Crippen molar-refractivity contribution in [3.05, 3.63) is 51.6 Å². The van der Waals surface area contributed by atoms with Gasteiger partial charge in [-0.05, 0) is 36.8 Å².